The third-order valence-electron chi connectivity index (χ3n) is 3.38. The molecule has 2 aromatic heterocycles. The first-order valence-corrected chi connectivity index (χ1v) is 7.64. The van der Waals surface area contributed by atoms with Crippen molar-refractivity contribution in [1.82, 2.24) is 9.78 Å². The van der Waals surface area contributed by atoms with Crippen molar-refractivity contribution in [2.45, 2.75) is 19.8 Å². The summed E-state index contributed by atoms with van der Waals surface area (Å²) < 4.78 is 8.49. The first-order valence-electron chi connectivity index (χ1n) is 6.85. The fourth-order valence-electron chi connectivity index (χ4n) is 2.39. The summed E-state index contributed by atoms with van der Waals surface area (Å²) in [5.41, 5.74) is 2.36. The van der Waals surface area contributed by atoms with E-state index in [-0.39, 0.29) is 5.43 Å². The van der Waals surface area contributed by atoms with Crippen molar-refractivity contribution in [3.8, 4) is 11.5 Å². The average Bonchev–Trinajstić information content (AvgIpc) is 2.81. The number of benzene rings is 1. The van der Waals surface area contributed by atoms with Gasteiger partial charge >= 0.3 is 0 Å². The molecule has 0 bridgehead atoms. The van der Waals surface area contributed by atoms with Gasteiger partial charge in [-0.2, -0.15) is 5.10 Å². The second-order valence-electron chi connectivity index (χ2n) is 5.01. The summed E-state index contributed by atoms with van der Waals surface area (Å²) in [4.78, 5) is 12.3. The Bertz CT molecular complexity index is 864. The Morgan fingerprint density at radius 3 is 2.86 bits per heavy atom. The largest absolute Gasteiger partial charge is 0.454 e. The third kappa shape index (κ3) is 2.65. The maximum Gasteiger partial charge on any atom is 0.193 e. The number of halogens is 1. The molecule has 0 saturated carbocycles. The summed E-state index contributed by atoms with van der Waals surface area (Å²) >= 11 is 3.37. The normalized spacial score (nSPS) is 11.2. The summed E-state index contributed by atoms with van der Waals surface area (Å²) in [6.45, 7) is 2.11. The number of hydrogen-bond acceptors (Lipinski definition) is 3. The number of fused-ring (bicyclic) bond motifs is 1. The topological polar surface area (TPSA) is 48.0 Å². The average molecular weight is 347 g/mol. The molecule has 0 aliphatic rings. The molecule has 108 valence electrons. The minimum absolute atomic E-state index is 0.0502. The number of aryl methyl sites for hydroxylation is 2. The summed E-state index contributed by atoms with van der Waals surface area (Å²) in [7, 11) is 1.86. The predicted molar refractivity (Wildman–Crippen MR) is 86.4 cm³/mol. The molecular weight excluding hydrogens is 332 g/mol. The van der Waals surface area contributed by atoms with Crippen molar-refractivity contribution in [3.05, 3.63) is 50.7 Å². The van der Waals surface area contributed by atoms with Crippen LogP contribution >= 0.6 is 15.9 Å². The van der Waals surface area contributed by atoms with E-state index in [1.807, 2.05) is 19.2 Å². The van der Waals surface area contributed by atoms with E-state index in [0.717, 1.165) is 28.7 Å². The van der Waals surface area contributed by atoms with Gasteiger partial charge in [0, 0.05) is 17.6 Å². The lowest BCUT2D eigenvalue weighted by atomic mass is 10.2. The van der Waals surface area contributed by atoms with Crippen molar-refractivity contribution in [1.29, 1.82) is 0 Å². The Morgan fingerprint density at radius 1 is 1.29 bits per heavy atom. The number of hydrogen-bond donors (Lipinski definition) is 0. The molecule has 0 aliphatic heterocycles. The second-order valence-corrected chi connectivity index (χ2v) is 5.93. The monoisotopic (exact) mass is 346 g/mol. The van der Waals surface area contributed by atoms with Gasteiger partial charge in [-0.05, 0) is 30.7 Å². The lowest BCUT2D eigenvalue weighted by molar-refractivity contribution is 0.605. The van der Waals surface area contributed by atoms with Gasteiger partial charge in [0.2, 0.25) is 0 Å². The molecule has 0 amide bonds. The highest BCUT2D eigenvalue weighted by Crippen LogP contribution is 2.24. The molecule has 0 atom stereocenters. The lowest BCUT2D eigenvalue weighted by Gasteiger charge is -2.03. The van der Waals surface area contributed by atoms with E-state index in [1.54, 1.807) is 16.8 Å². The maximum atomic E-state index is 12.3. The van der Waals surface area contributed by atoms with Crippen molar-refractivity contribution < 1.29 is 4.42 Å². The Kier molecular flexibility index (Phi) is 3.68. The zero-order valence-corrected chi connectivity index (χ0v) is 13.5. The zero-order valence-electron chi connectivity index (χ0n) is 11.9. The van der Waals surface area contributed by atoms with E-state index in [4.69, 9.17) is 4.42 Å². The highest BCUT2D eigenvalue weighted by Gasteiger charge is 2.12. The maximum absolute atomic E-state index is 12.3. The molecule has 3 aromatic rings. The standard InChI is InChI=1S/C16H15BrN2O2/c1-3-4-11-8-13(19(2)18-11)16-9-14(20)12-7-10(17)5-6-15(12)21-16/h5-9H,3-4H2,1-2H3. The summed E-state index contributed by atoms with van der Waals surface area (Å²) in [5, 5.41) is 5.02. The first-order chi connectivity index (χ1) is 10.1. The van der Waals surface area contributed by atoms with Crippen LogP contribution in [0.2, 0.25) is 0 Å². The molecule has 5 heteroatoms. The van der Waals surface area contributed by atoms with E-state index in [2.05, 4.69) is 28.0 Å². The molecule has 0 spiro atoms. The van der Waals surface area contributed by atoms with Gasteiger partial charge in [0.25, 0.3) is 0 Å². The van der Waals surface area contributed by atoms with Gasteiger partial charge < -0.3 is 4.42 Å². The van der Waals surface area contributed by atoms with Crippen LogP contribution < -0.4 is 5.43 Å². The van der Waals surface area contributed by atoms with E-state index >= 15 is 0 Å². The highest BCUT2D eigenvalue weighted by molar-refractivity contribution is 9.10. The molecule has 2 heterocycles. The first kappa shape index (κ1) is 14.1. The fourth-order valence-corrected chi connectivity index (χ4v) is 2.75. The van der Waals surface area contributed by atoms with Crippen molar-refractivity contribution in [3.63, 3.8) is 0 Å². The van der Waals surface area contributed by atoms with E-state index in [0.29, 0.717) is 16.7 Å². The summed E-state index contributed by atoms with van der Waals surface area (Å²) in [5.74, 6) is 0.548. The van der Waals surface area contributed by atoms with Crippen LogP contribution in [0.25, 0.3) is 22.4 Å². The smallest absolute Gasteiger partial charge is 0.193 e. The molecular formula is C16H15BrN2O2. The Morgan fingerprint density at radius 2 is 2.10 bits per heavy atom. The molecule has 4 nitrogen and oxygen atoms in total. The van der Waals surface area contributed by atoms with Crippen molar-refractivity contribution in [2.75, 3.05) is 0 Å². The predicted octanol–water partition coefficient (Wildman–Crippen LogP) is 3.91. The SMILES string of the molecule is CCCc1cc(-c2cc(=O)c3cc(Br)ccc3o2)n(C)n1. The molecule has 0 radical (unpaired) electrons. The van der Waals surface area contributed by atoms with Crippen LogP contribution in [0.15, 0.2) is 44.0 Å². The highest BCUT2D eigenvalue weighted by atomic mass is 79.9. The van der Waals surface area contributed by atoms with Gasteiger partial charge in [0.15, 0.2) is 11.2 Å². The fraction of sp³-hybridized carbons (Fsp3) is 0.250. The molecule has 0 saturated heterocycles. The second kappa shape index (κ2) is 5.48. The van der Waals surface area contributed by atoms with Crippen molar-refractivity contribution in [2.24, 2.45) is 7.05 Å². The number of aromatic nitrogens is 2. The Hall–Kier alpha value is -1.88. The molecule has 0 N–H and O–H groups in total. The number of rotatable bonds is 3. The van der Waals surface area contributed by atoms with Gasteiger partial charge in [0.05, 0.1) is 11.1 Å². The van der Waals surface area contributed by atoms with Gasteiger partial charge in [-0.25, -0.2) is 0 Å². The lowest BCUT2D eigenvalue weighted by Crippen LogP contribution is -2.02. The van der Waals surface area contributed by atoms with Crippen LogP contribution in [0.3, 0.4) is 0 Å². The molecule has 21 heavy (non-hydrogen) atoms. The Balaban J connectivity index is 2.17. The van der Waals surface area contributed by atoms with Crippen LogP contribution in [-0.4, -0.2) is 9.78 Å². The molecule has 0 aliphatic carbocycles. The van der Waals surface area contributed by atoms with E-state index in [1.165, 1.54) is 6.07 Å². The molecule has 3 rings (SSSR count). The summed E-state index contributed by atoms with van der Waals surface area (Å²) in [6, 6.07) is 8.94. The van der Waals surface area contributed by atoms with Crippen LogP contribution in [-0.2, 0) is 13.5 Å². The number of nitrogens with zero attached hydrogens (tertiary/aromatic N) is 2. The van der Waals surface area contributed by atoms with Crippen molar-refractivity contribution >= 4 is 26.9 Å². The van der Waals surface area contributed by atoms with Gasteiger partial charge in [-0.1, -0.05) is 29.3 Å². The van der Waals surface area contributed by atoms with Crippen LogP contribution in [0.1, 0.15) is 19.0 Å². The molecule has 1 aromatic carbocycles. The van der Waals surface area contributed by atoms with E-state index in [9.17, 15) is 4.79 Å². The van der Waals surface area contributed by atoms with E-state index < -0.39 is 0 Å². The molecule has 0 unspecified atom stereocenters. The Labute approximate surface area is 130 Å². The zero-order chi connectivity index (χ0) is 15.0. The van der Waals surface area contributed by atoms with Gasteiger partial charge in [-0.3, -0.25) is 9.48 Å². The van der Waals surface area contributed by atoms with Crippen LogP contribution in [0.4, 0.5) is 0 Å². The summed E-state index contributed by atoms with van der Waals surface area (Å²) in [6.07, 6.45) is 1.95. The quantitative estimate of drug-likeness (QED) is 0.722. The van der Waals surface area contributed by atoms with Crippen LogP contribution in [0, 0.1) is 0 Å². The van der Waals surface area contributed by atoms with Gasteiger partial charge in [0.1, 0.15) is 11.3 Å². The minimum atomic E-state index is -0.0502. The molecule has 0 fully saturated rings. The minimum Gasteiger partial charge on any atom is -0.454 e. The third-order valence-corrected chi connectivity index (χ3v) is 3.87. The van der Waals surface area contributed by atoms with Crippen LogP contribution in [0.5, 0.6) is 0 Å². The van der Waals surface area contributed by atoms with Gasteiger partial charge in [-0.15, -0.1) is 0 Å².